The molecule has 0 fully saturated rings. The Bertz CT molecular complexity index is 687. The zero-order valence-electron chi connectivity index (χ0n) is 17.0. The van der Waals surface area contributed by atoms with Crippen LogP contribution in [0.25, 0.3) is 0 Å². The maximum Gasteiger partial charge on any atom is 0.133 e. The third-order valence-corrected chi connectivity index (χ3v) is 5.10. The normalized spacial score (nSPS) is 11.0. The second kappa shape index (κ2) is 9.08. The maximum absolute atomic E-state index is 6.48. The molecule has 0 amide bonds. The van der Waals surface area contributed by atoms with Crippen molar-refractivity contribution in [2.24, 2.45) is 0 Å². The summed E-state index contributed by atoms with van der Waals surface area (Å²) >= 11 is 0. The van der Waals surface area contributed by atoms with Crippen LogP contribution in [0, 0.1) is 6.92 Å². The Hall–Kier alpha value is -1.76. The lowest BCUT2D eigenvalue weighted by atomic mass is 9.97. The average Bonchev–Trinajstić information content (AvgIpc) is 2.62. The molecule has 2 aromatic rings. The Kier molecular flexibility index (Phi) is 7.11. The first kappa shape index (κ1) is 19.6. The van der Waals surface area contributed by atoms with E-state index in [0.717, 1.165) is 43.6 Å². The topological polar surface area (TPSA) is 9.23 Å². The smallest absolute Gasteiger partial charge is 0.133 e. The highest BCUT2D eigenvalue weighted by Crippen LogP contribution is 2.34. The monoisotopic (exact) mass is 338 g/mol. The lowest BCUT2D eigenvalue weighted by molar-refractivity contribution is 0.469. The fourth-order valence-electron chi connectivity index (χ4n) is 3.77. The second-order valence-electron chi connectivity index (χ2n) is 6.89. The summed E-state index contributed by atoms with van der Waals surface area (Å²) in [6, 6.07) is 9.12. The minimum Gasteiger partial charge on any atom is -0.457 e. The first-order valence-electron chi connectivity index (χ1n) is 10.0. The van der Waals surface area contributed by atoms with Gasteiger partial charge in [0.15, 0.2) is 0 Å². The first-order valence-corrected chi connectivity index (χ1v) is 10.0. The summed E-state index contributed by atoms with van der Waals surface area (Å²) in [5.74, 6) is 2.06. The third-order valence-electron chi connectivity index (χ3n) is 5.10. The molecule has 0 aliphatic rings. The predicted molar refractivity (Wildman–Crippen MR) is 109 cm³/mol. The lowest BCUT2D eigenvalue weighted by Gasteiger charge is -2.19. The van der Waals surface area contributed by atoms with Gasteiger partial charge in [-0.2, -0.15) is 0 Å². The van der Waals surface area contributed by atoms with Gasteiger partial charge in [0.1, 0.15) is 11.5 Å². The molecule has 1 nitrogen and oxygen atoms in total. The SMILES string of the molecule is CCCc1cc(CC)c(Oc2cc(C)c(CC)c(CC)c2)c(CC)c1. The van der Waals surface area contributed by atoms with Gasteiger partial charge in [-0.05, 0) is 84.5 Å². The Morgan fingerprint density at radius 3 is 1.80 bits per heavy atom. The van der Waals surface area contributed by atoms with Crippen LogP contribution in [0.4, 0.5) is 0 Å². The second-order valence-corrected chi connectivity index (χ2v) is 6.89. The summed E-state index contributed by atoms with van der Waals surface area (Å²) < 4.78 is 6.48. The Balaban J connectivity index is 2.47. The molecule has 2 aromatic carbocycles. The summed E-state index contributed by atoms with van der Waals surface area (Å²) in [5, 5.41) is 0. The van der Waals surface area contributed by atoms with Gasteiger partial charge in [0.2, 0.25) is 0 Å². The minimum absolute atomic E-state index is 0.985. The molecule has 0 bridgehead atoms. The van der Waals surface area contributed by atoms with Crippen molar-refractivity contribution in [2.45, 2.75) is 80.1 Å². The van der Waals surface area contributed by atoms with Crippen LogP contribution in [-0.4, -0.2) is 0 Å². The fraction of sp³-hybridized carbons (Fsp3) is 0.500. The van der Waals surface area contributed by atoms with Crippen LogP contribution in [-0.2, 0) is 32.1 Å². The summed E-state index contributed by atoms with van der Waals surface area (Å²) in [6.45, 7) is 13.4. The summed E-state index contributed by atoms with van der Waals surface area (Å²) in [4.78, 5) is 0. The van der Waals surface area contributed by atoms with E-state index in [1.807, 2.05) is 0 Å². The molecule has 136 valence electrons. The molecule has 0 aromatic heterocycles. The molecule has 0 heterocycles. The summed E-state index contributed by atoms with van der Waals surface area (Å²) in [7, 11) is 0. The zero-order chi connectivity index (χ0) is 18.4. The lowest BCUT2D eigenvalue weighted by Crippen LogP contribution is -2.01. The Labute approximate surface area is 154 Å². The molecule has 0 spiro atoms. The van der Waals surface area contributed by atoms with Crippen LogP contribution in [0.2, 0.25) is 0 Å². The van der Waals surface area contributed by atoms with E-state index in [-0.39, 0.29) is 0 Å². The molecule has 0 radical (unpaired) electrons. The molecule has 0 atom stereocenters. The fourth-order valence-corrected chi connectivity index (χ4v) is 3.77. The average molecular weight is 339 g/mol. The quantitative estimate of drug-likeness (QED) is 0.504. The Morgan fingerprint density at radius 1 is 0.720 bits per heavy atom. The van der Waals surface area contributed by atoms with Crippen LogP contribution < -0.4 is 4.74 Å². The molecule has 0 aliphatic heterocycles. The van der Waals surface area contributed by atoms with E-state index in [1.54, 1.807) is 0 Å². The van der Waals surface area contributed by atoms with Gasteiger partial charge in [0.05, 0.1) is 0 Å². The number of ether oxygens (including phenoxy) is 1. The van der Waals surface area contributed by atoms with E-state index in [9.17, 15) is 0 Å². The van der Waals surface area contributed by atoms with Gasteiger partial charge in [0, 0.05) is 0 Å². The zero-order valence-corrected chi connectivity index (χ0v) is 17.0. The van der Waals surface area contributed by atoms with E-state index in [2.05, 4.69) is 65.8 Å². The van der Waals surface area contributed by atoms with Gasteiger partial charge in [-0.15, -0.1) is 0 Å². The standard InChI is InChI=1S/C24H34O/c1-7-12-18-14-20(9-3)24(21(10-4)15-18)25-22-13-17(6)23(11-5)19(8-2)16-22/h13-16H,7-12H2,1-6H3. The summed E-state index contributed by atoms with van der Waals surface area (Å²) in [6.07, 6.45) is 6.48. The van der Waals surface area contributed by atoms with Gasteiger partial charge in [-0.1, -0.05) is 53.2 Å². The van der Waals surface area contributed by atoms with Crippen LogP contribution in [0.1, 0.15) is 74.4 Å². The highest BCUT2D eigenvalue weighted by atomic mass is 16.5. The molecule has 1 heteroatoms. The number of benzene rings is 2. The highest BCUT2D eigenvalue weighted by Gasteiger charge is 2.13. The van der Waals surface area contributed by atoms with Crippen LogP contribution in [0.5, 0.6) is 11.5 Å². The van der Waals surface area contributed by atoms with Gasteiger partial charge >= 0.3 is 0 Å². The minimum atomic E-state index is 0.985. The van der Waals surface area contributed by atoms with E-state index < -0.39 is 0 Å². The Morgan fingerprint density at radius 2 is 1.32 bits per heavy atom. The number of aryl methyl sites for hydroxylation is 5. The van der Waals surface area contributed by atoms with Crippen molar-refractivity contribution in [1.82, 2.24) is 0 Å². The van der Waals surface area contributed by atoms with Crippen molar-refractivity contribution in [2.75, 3.05) is 0 Å². The molecule has 0 unspecified atom stereocenters. The molecule has 25 heavy (non-hydrogen) atoms. The predicted octanol–water partition coefficient (Wildman–Crippen LogP) is 6.99. The largest absolute Gasteiger partial charge is 0.457 e. The number of hydrogen-bond acceptors (Lipinski definition) is 1. The van der Waals surface area contributed by atoms with Crippen molar-refractivity contribution in [3.8, 4) is 11.5 Å². The van der Waals surface area contributed by atoms with Crippen LogP contribution >= 0.6 is 0 Å². The molecule has 0 saturated carbocycles. The molecular formula is C24H34O. The van der Waals surface area contributed by atoms with Crippen molar-refractivity contribution in [3.05, 3.63) is 57.6 Å². The van der Waals surface area contributed by atoms with Gasteiger partial charge in [0.25, 0.3) is 0 Å². The van der Waals surface area contributed by atoms with E-state index in [4.69, 9.17) is 4.74 Å². The maximum atomic E-state index is 6.48. The molecular weight excluding hydrogens is 304 g/mol. The molecule has 2 rings (SSSR count). The van der Waals surface area contributed by atoms with Crippen molar-refractivity contribution < 1.29 is 4.74 Å². The summed E-state index contributed by atoms with van der Waals surface area (Å²) in [5.41, 5.74) is 8.33. The van der Waals surface area contributed by atoms with E-state index >= 15 is 0 Å². The van der Waals surface area contributed by atoms with E-state index in [1.165, 1.54) is 39.8 Å². The van der Waals surface area contributed by atoms with Crippen LogP contribution in [0.3, 0.4) is 0 Å². The molecule has 0 aliphatic carbocycles. The van der Waals surface area contributed by atoms with Gasteiger partial charge in [-0.25, -0.2) is 0 Å². The number of rotatable bonds is 8. The third kappa shape index (κ3) is 4.45. The highest BCUT2D eigenvalue weighted by molar-refractivity contribution is 5.49. The number of hydrogen-bond donors (Lipinski definition) is 0. The first-order chi connectivity index (χ1) is 12.1. The van der Waals surface area contributed by atoms with E-state index in [0.29, 0.717) is 0 Å². The van der Waals surface area contributed by atoms with Crippen molar-refractivity contribution >= 4 is 0 Å². The van der Waals surface area contributed by atoms with Crippen molar-refractivity contribution in [1.29, 1.82) is 0 Å². The molecule has 0 N–H and O–H groups in total. The molecule has 0 saturated heterocycles. The van der Waals surface area contributed by atoms with Crippen molar-refractivity contribution in [3.63, 3.8) is 0 Å². The van der Waals surface area contributed by atoms with Gasteiger partial charge < -0.3 is 4.74 Å². The van der Waals surface area contributed by atoms with Gasteiger partial charge in [-0.3, -0.25) is 0 Å². The van der Waals surface area contributed by atoms with Crippen LogP contribution in [0.15, 0.2) is 24.3 Å².